The van der Waals surface area contributed by atoms with Gasteiger partial charge in [0.2, 0.25) is 0 Å². The molecular formula is C16H17F3O3. The third-order valence-electron chi connectivity index (χ3n) is 3.31. The molecule has 0 saturated carbocycles. The summed E-state index contributed by atoms with van der Waals surface area (Å²) in [6.07, 6.45) is 0.854. The summed E-state index contributed by atoms with van der Waals surface area (Å²) in [7, 11) is 0. The molecule has 2 rings (SSSR count). The molecule has 1 heterocycles. The molecule has 0 radical (unpaired) electrons. The third-order valence-corrected chi connectivity index (χ3v) is 3.31. The zero-order chi connectivity index (χ0) is 16.0. The summed E-state index contributed by atoms with van der Waals surface area (Å²) in [6, 6.07) is 4.75. The maximum atomic E-state index is 12.6. The number of alkyl halides is 3. The first-order valence-electron chi connectivity index (χ1n) is 7.09. The number of benzene rings is 1. The van der Waals surface area contributed by atoms with Gasteiger partial charge in [-0.3, -0.25) is 0 Å². The first kappa shape index (κ1) is 16.5. The van der Waals surface area contributed by atoms with Crippen molar-refractivity contribution in [3.8, 4) is 0 Å². The monoisotopic (exact) mass is 314 g/mol. The van der Waals surface area contributed by atoms with Crippen molar-refractivity contribution in [3.63, 3.8) is 0 Å². The summed E-state index contributed by atoms with van der Waals surface area (Å²) >= 11 is 0. The lowest BCUT2D eigenvalue weighted by Gasteiger charge is -2.21. The van der Waals surface area contributed by atoms with Gasteiger partial charge in [0.15, 0.2) is 0 Å². The van der Waals surface area contributed by atoms with Gasteiger partial charge in [-0.1, -0.05) is 12.1 Å². The lowest BCUT2D eigenvalue weighted by atomic mass is 10.1. The zero-order valence-electron chi connectivity index (χ0n) is 11.9. The van der Waals surface area contributed by atoms with E-state index in [9.17, 15) is 18.0 Å². The molecule has 1 aromatic carbocycles. The van der Waals surface area contributed by atoms with E-state index in [2.05, 4.69) is 0 Å². The fraction of sp³-hybridized carbons (Fsp3) is 0.438. The highest BCUT2D eigenvalue weighted by atomic mass is 19.4. The van der Waals surface area contributed by atoms with Gasteiger partial charge in [-0.25, -0.2) is 4.79 Å². The Morgan fingerprint density at radius 1 is 1.36 bits per heavy atom. The van der Waals surface area contributed by atoms with Crippen molar-refractivity contribution in [1.82, 2.24) is 0 Å². The van der Waals surface area contributed by atoms with Gasteiger partial charge in [-0.05, 0) is 43.0 Å². The standard InChI is InChI=1S/C16H17F3O3/c17-16(18,19)13-5-3-4-12(10-13)7-8-15(20)22-11-14-6-1-2-9-21-14/h3-5,7-8,10,14H,1-2,6,9,11H2/b8-7+. The summed E-state index contributed by atoms with van der Waals surface area (Å²) in [4.78, 5) is 11.6. The molecule has 1 atom stereocenters. The van der Waals surface area contributed by atoms with Gasteiger partial charge in [-0.15, -0.1) is 0 Å². The highest BCUT2D eigenvalue weighted by molar-refractivity contribution is 5.87. The second-order valence-corrected chi connectivity index (χ2v) is 5.08. The van der Waals surface area contributed by atoms with E-state index in [1.165, 1.54) is 18.2 Å². The van der Waals surface area contributed by atoms with Crippen LogP contribution in [0.25, 0.3) is 6.08 Å². The van der Waals surface area contributed by atoms with Crippen molar-refractivity contribution in [2.75, 3.05) is 13.2 Å². The van der Waals surface area contributed by atoms with Crippen molar-refractivity contribution in [2.45, 2.75) is 31.5 Å². The Labute approximate surface area is 126 Å². The molecule has 1 aromatic rings. The molecular weight excluding hydrogens is 297 g/mol. The van der Waals surface area contributed by atoms with Crippen LogP contribution in [-0.4, -0.2) is 25.3 Å². The van der Waals surface area contributed by atoms with Crippen LogP contribution in [0.1, 0.15) is 30.4 Å². The van der Waals surface area contributed by atoms with E-state index >= 15 is 0 Å². The van der Waals surface area contributed by atoms with E-state index in [-0.39, 0.29) is 12.7 Å². The van der Waals surface area contributed by atoms with E-state index < -0.39 is 17.7 Å². The summed E-state index contributed by atoms with van der Waals surface area (Å²) in [6.45, 7) is 0.841. The molecule has 1 saturated heterocycles. The molecule has 0 bridgehead atoms. The maximum absolute atomic E-state index is 12.6. The largest absolute Gasteiger partial charge is 0.460 e. The molecule has 1 aliphatic rings. The Morgan fingerprint density at radius 2 is 2.18 bits per heavy atom. The first-order valence-corrected chi connectivity index (χ1v) is 7.09. The van der Waals surface area contributed by atoms with E-state index in [4.69, 9.17) is 9.47 Å². The van der Waals surface area contributed by atoms with E-state index in [1.54, 1.807) is 0 Å². The second kappa shape index (κ2) is 7.45. The third kappa shape index (κ3) is 5.18. The van der Waals surface area contributed by atoms with Crippen LogP contribution in [0.15, 0.2) is 30.3 Å². The van der Waals surface area contributed by atoms with Crippen LogP contribution in [-0.2, 0) is 20.4 Å². The summed E-state index contributed by atoms with van der Waals surface area (Å²) < 4.78 is 48.1. The van der Waals surface area contributed by atoms with Crippen molar-refractivity contribution >= 4 is 12.0 Å². The summed E-state index contributed by atoms with van der Waals surface area (Å²) in [5.74, 6) is -0.591. The molecule has 22 heavy (non-hydrogen) atoms. The smallest absolute Gasteiger partial charge is 0.416 e. The van der Waals surface area contributed by atoms with Crippen molar-refractivity contribution < 1.29 is 27.4 Å². The van der Waals surface area contributed by atoms with Gasteiger partial charge >= 0.3 is 12.1 Å². The number of hydrogen-bond acceptors (Lipinski definition) is 3. The normalized spacial score (nSPS) is 19.3. The van der Waals surface area contributed by atoms with Crippen LogP contribution in [0, 0.1) is 0 Å². The molecule has 6 heteroatoms. The Balaban J connectivity index is 1.86. The number of rotatable bonds is 4. The van der Waals surface area contributed by atoms with Crippen LogP contribution in [0.2, 0.25) is 0 Å². The minimum absolute atomic E-state index is 0.0837. The van der Waals surface area contributed by atoms with E-state index in [0.717, 1.165) is 37.5 Å². The minimum atomic E-state index is -4.40. The second-order valence-electron chi connectivity index (χ2n) is 5.08. The van der Waals surface area contributed by atoms with E-state index in [1.807, 2.05) is 0 Å². The van der Waals surface area contributed by atoms with Crippen LogP contribution in [0.5, 0.6) is 0 Å². The molecule has 0 N–H and O–H groups in total. The molecule has 1 fully saturated rings. The van der Waals surface area contributed by atoms with Gasteiger partial charge in [0, 0.05) is 12.7 Å². The highest BCUT2D eigenvalue weighted by Gasteiger charge is 2.30. The Morgan fingerprint density at radius 3 is 2.86 bits per heavy atom. The number of halogens is 3. The topological polar surface area (TPSA) is 35.5 Å². The summed E-state index contributed by atoms with van der Waals surface area (Å²) in [5, 5.41) is 0. The lowest BCUT2D eigenvalue weighted by Crippen LogP contribution is -2.25. The van der Waals surface area contributed by atoms with Crippen molar-refractivity contribution in [1.29, 1.82) is 0 Å². The Bertz CT molecular complexity index is 532. The minimum Gasteiger partial charge on any atom is -0.460 e. The predicted octanol–water partition coefficient (Wildman–Crippen LogP) is 3.83. The van der Waals surface area contributed by atoms with Gasteiger partial charge in [0.1, 0.15) is 6.61 Å². The van der Waals surface area contributed by atoms with Crippen LogP contribution >= 0.6 is 0 Å². The number of ether oxygens (including phenoxy) is 2. The molecule has 3 nitrogen and oxygen atoms in total. The number of carbonyl (C=O) groups excluding carboxylic acids is 1. The maximum Gasteiger partial charge on any atom is 0.416 e. The molecule has 0 aliphatic carbocycles. The lowest BCUT2D eigenvalue weighted by molar-refractivity contribution is -0.143. The van der Waals surface area contributed by atoms with Gasteiger partial charge in [0.05, 0.1) is 11.7 Å². The van der Waals surface area contributed by atoms with Crippen LogP contribution in [0.4, 0.5) is 13.2 Å². The van der Waals surface area contributed by atoms with Gasteiger partial charge in [-0.2, -0.15) is 13.2 Å². The average molecular weight is 314 g/mol. The SMILES string of the molecule is O=C(/C=C/c1cccc(C(F)(F)F)c1)OCC1CCCCO1. The van der Waals surface area contributed by atoms with E-state index in [0.29, 0.717) is 12.2 Å². The van der Waals surface area contributed by atoms with Crippen molar-refractivity contribution in [2.24, 2.45) is 0 Å². The van der Waals surface area contributed by atoms with Crippen molar-refractivity contribution in [3.05, 3.63) is 41.5 Å². The predicted molar refractivity (Wildman–Crippen MR) is 75.0 cm³/mol. The molecule has 0 amide bonds. The molecule has 1 aliphatic heterocycles. The number of carbonyl (C=O) groups is 1. The van der Waals surface area contributed by atoms with Gasteiger partial charge < -0.3 is 9.47 Å². The summed E-state index contributed by atoms with van der Waals surface area (Å²) in [5.41, 5.74) is -0.459. The Hall–Kier alpha value is -1.82. The first-order chi connectivity index (χ1) is 10.4. The Kier molecular flexibility index (Phi) is 5.60. The fourth-order valence-corrected chi connectivity index (χ4v) is 2.14. The quantitative estimate of drug-likeness (QED) is 0.626. The molecule has 0 spiro atoms. The number of esters is 1. The molecule has 1 unspecified atom stereocenters. The van der Waals surface area contributed by atoms with Gasteiger partial charge in [0.25, 0.3) is 0 Å². The zero-order valence-corrected chi connectivity index (χ0v) is 11.9. The number of hydrogen-bond donors (Lipinski definition) is 0. The average Bonchev–Trinajstić information content (AvgIpc) is 2.51. The fourth-order valence-electron chi connectivity index (χ4n) is 2.14. The molecule has 120 valence electrons. The van der Waals surface area contributed by atoms with Crippen LogP contribution in [0.3, 0.4) is 0 Å². The molecule has 0 aromatic heterocycles. The van der Waals surface area contributed by atoms with Crippen LogP contribution < -0.4 is 0 Å². The highest BCUT2D eigenvalue weighted by Crippen LogP contribution is 2.29.